The van der Waals surface area contributed by atoms with Crippen molar-refractivity contribution in [3.05, 3.63) is 33.4 Å². The number of rotatable bonds is 6. The van der Waals surface area contributed by atoms with Crippen LogP contribution in [0, 0.1) is 11.3 Å². The molecule has 0 radical (unpaired) electrons. The quantitative estimate of drug-likeness (QED) is 0.279. The van der Waals surface area contributed by atoms with Gasteiger partial charge in [0.2, 0.25) is 0 Å². The molecule has 1 atom stereocenters. The second-order valence-electron chi connectivity index (χ2n) is 7.22. The summed E-state index contributed by atoms with van der Waals surface area (Å²) in [7, 11) is 2.99. The van der Waals surface area contributed by atoms with Crippen molar-refractivity contribution >= 4 is 35.4 Å². The number of alkyl halides is 7. The van der Waals surface area contributed by atoms with Crippen molar-refractivity contribution < 1.29 is 35.5 Å². The van der Waals surface area contributed by atoms with Gasteiger partial charge in [0.05, 0.1) is 21.9 Å². The first-order valence-electron chi connectivity index (χ1n) is 8.80. The number of ether oxygens (including phenoxy) is 1. The van der Waals surface area contributed by atoms with Crippen molar-refractivity contribution in [2.45, 2.75) is 30.5 Å². The first-order chi connectivity index (χ1) is 15.1. The van der Waals surface area contributed by atoms with Gasteiger partial charge < -0.3 is 9.64 Å². The number of hydrogen-bond donors (Lipinski definition) is 0. The summed E-state index contributed by atoms with van der Waals surface area (Å²) < 4.78 is 98.1. The SMILES string of the molecule is CN(C)/C=N\c1c(C2(C(F)F)CC2(F)F)c(C#N)nn1-c1c(Cl)cc(OC(F)(F)F)cc1Cl. The Morgan fingerprint density at radius 3 is 2.21 bits per heavy atom. The van der Waals surface area contributed by atoms with E-state index in [0.717, 1.165) is 6.34 Å². The molecular formula is C18H12Cl2F7N5O. The monoisotopic (exact) mass is 517 g/mol. The first kappa shape index (κ1) is 24.9. The lowest BCUT2D eigenvalue weighted by Crippen LogP contribution is -2.26. The van der Waals surface area contributed by atoms with Crippen LogP contribution in [-0.2, 0) is 5.41 Å². The summed E-state index contributed by atoms with van der Waals surface area (Å²) >= 11 is 12.1. The fourth-order valence-corrected chi connectivity index (χ4v) is 3.83. The van der Waals surface area contributed by atoms with Crippen LogP contribution in [0.3, 0.4) is 0 Å². The van der Waals surface area contributed by atoms with Gasteiger partial charge in [-0.15, -0.1) is 13.2 Å². The van der Waals surface area contributed by atoms with Crippen molar-refractivity contribution in [2.24, 2.45) is 4.99 Å². The summed E-state index contributed by atoms with van der Waals surface area (Å²) in [4.78, 5) is 5.27. The minimum absolute atomic E-state index is 0.380. The third-order valence-electron chi connectivity index (χ3n) is 4.66. The van der Waals surface area contributed by atoms with Gasteiger partial charge in [-0.1, -0.05) is 23.2 Å². The molecule has 0 spiro atoms. The molecule has 2 aromatic rings. The third-order valence-corrected chi connectivity index (χ3v) is 5.24. The number of benzene rings is 1. The van der Waals surface area contributed by atoms with Gasteiger partial charge in [-0.2, -0.15) is 10.4 Å². The average molecular weight is 518 g/mol. The van der Waals surface area contributed by atoms with Crippen molar-refractivity contribution in [2.75, 3.05) is 14.1 Å². The molecule has 6 nitrogen and oxygen atoms in total. The van der Waals surface area contributed by atoms with Gasteiger partial charge in [-0.05, 0) is 0 Å². The van der Waals surface area contributed by atoms with Crippen molar-refractivity contribution in [1.82, 2.24) is 14.7 Å². The smallest absolute Gasteiger partial charge is 0.406 e. The molecule has 3 rings (SSSR count). The lowest BCUT2D eigenvalue weighted by molar-refractivity contribution is -0.274. The minimum Gasteiger partial charge on any atom is -0.406 e. The maximum Gasteiger partial charge on any atom is 0.573 e. The zero-order chi connectivity index (χ0) is 24.9. The predicted octanol–water partition coefficient (Wildman–Crippen LogP) is 5.71. The van der Waals surface area contributed by atoms with E-state index < -0.39 is 63.4 Å². The maximum absolute atomic E-state index is 14.2. The van der Waals surface area contributed by atoms with Gasteiger partial charge >= 0.3 is 6.36 Å². The van der Waals surface area contributed by atoms with Gasteiger partial charge in [-0.3, -0.25) is 0 Å². The van der Waals surface area contributed by atoms with Crippen LogP contribution in [0.25, 0.3) is 5.69 Å². The molecule has 1 saturated carbocycles. The molecule has 1 aliphatic carbocycles. The minimum atomic E-state index is -5.07. The largest absolute Gasteiger partial charge is 0.573 e. The lowest BCUT2D eigenvalue weighted by atomic mass is 9.95. The van der Waals surface area contributed by atoms with E-state index in [-0.39, 0.29) is 5.69 Å². The number of nitrogens with zero attached hydrogens (tertiary/aromatic N) is 5. The molecule has 178 valence electrons. The molecule has 0 N–H and O–H groups in total. The highest BCUT2D eigenvalue weighted by Crippen LogP contribution is 2.67. The number of hydrogen-bond acceptors (Lipinski definition) is 4. The molecule has 1 aromatic carbocycles. The maximum atomic E-state index is 14.2. The topological polar surface area (TPSA) is 66.4 Å². The molecule has 1 heterocycles. The van der Waals surface area contributed by atoms with Crippen LogP contribution in [0.1, 0.15) is 17.7 Å². The lowest BCUT2D eigenvalue weighted by Gasteiger charge is -2.17. The van der Waals surface area contributed by atoms with Gasteiger partial charge in [-0.25, -0.2) is 27.2 Å². The second kappa shape index (κ2) is 8.25. The molecule has 1 aromatic heterocycles. The molecule has 33 heavy (non-hydrogen) atoms. The highest BCUT2D eigenvalue weighted by Gasteiger charge is 2.79. The Hall–Kier alpha value is -2.72. The molecule has 0 amide bonds. The number of halogens is 9. The Kier molecular flexibility index (Phi) is 6.23. The summed E-state index contributed by atoms with van der Waals surface area (Å²) in [6.07, 6.45) is -8.84. The molecule has 0 bridgehead atoms. The summed E-state index contributed by atoms with van der Waals surface area (Å²) in [5, 5.41) is 12.2. The van der Waals surface area contributed by atoms with Gasteiger partial charge in [0, 0.05) is 32.6 Å². The van der Waals surface area contributed by atoms with Crippen LogP contribution in [0.5, 0.6) is 5.75 Å². The first-order valence-corrected chi connectivity index (χ1v) is 9.55. The van der Waals surface area contributed by atoms with E-state index in [4.69, 9.17) is 23.2 Å². The summed E-state index contributed by atoms with van der Waals surface area (Å²) in [6, 6.07) is 2.90. The Labute approximate surface area is 191 Å². The molecule has 0 saturated heterocycles. The van der Waals surface area contributed by atoms with Crippen molar-refractivity contribution in [3.63, 3.8) is 0 Å². The van der Waals surface area contributed by atoms with Gasteiger partial charge in [0.15, 0.2) is 11.5 Å². The fourth-order valence-electron chi connectivity index (χ4n) is 3.20. The van der Waals surface area contributed by atoms with Crippen LogP contribution in [-0.4, -0.2) is 53.8 Å². The van der Waals surface area contributed by atoms with Crippen LogP contribution < -0.4 is 4.74 Å². The molecule has 0 aliphatic heterocycles. The van der Waals surface area contributed by atoms with E-state index in [0.29, 0.717) is 16.8 Å². The van der Waals surface area contributed by atoms with E-state index >= 15 is 0 Å². The number of nitriles is 1. The predicted molar refractivity (Wildman–Crippen MR) is 104 cm³/mol. The Morgan fingerprint density at radius 1 is 1.27 bits per heavy atom. The average Bonchev–Trinajstić information content (AvgIpc) is 3.06. The van der Waals surface area contributed by atoms with Crippen LogP contribution >= 0.6 is 23.2 Å². The number of aliphatic imine (C=N–C) groups is 1. The number of aromatic nitrogens is 2. The van der Waals surface area contributed by atoms with Gasteiger partial charge in [0.1, 0.15) is 22.9 Å². The zero-order valence-electron chi connectivity index (χ0n) is 16.6. The van der Waals surface area contributed by atoms with E-state index in [9.17, 15) is 36.0 Å². The van der Waals surface area contributed by atoms with E-state index in [1.807, 2.05) is 0 Å². The van der Waals surface area contributed by atoms with Crippen molar-refractivity contribution in [1.29, 1.82) is 5.26 Å². The Bertz CT molecular complexity index is 1130. The van der Waals surface area contributed by atoms with E-state index in [1.54, 1.807) is 0 Å². The summed E-state index contributed by atoms with van der Waals surface area (Å²) in [5.41, 5.74) is -5.03. The van der Waals surface area contributed by atoms with Gasteiger partial charge in [0.25, 0.3) is 12.3 Å². The summed E-state index contributed by atoms with van der Waals surface area (Å²) in [6.45, 7) is 0. The fraction of sp³-hybridized carbons (Fsp3) is 0.389. The van der Waals surface area contributed by atoms with Crippen LogP contribution in [0.15, 0.2) is 17.1 Å². The second-order valence-corrected chi connectivity index (χ2v) is 8.03. The van der Waals surface area contributed by atoms with Crippen molar-refractivity contribution in [3.8, 4) is 17.5 Å². The highest BCUT2D eigenvalue weighted by molar-refractivity contribution is 6.38. The van der Waals surface area contributed by atoms with E-state index in [2.05, 4.69) is 14.8 Å². The van der Waals surface area contributed by atoms with E-state index in [1.165, 1.54) is 25.1 Å². The van der Waals surface area contributed by atoms with Crippen LogP contribution in [0.4, 0.5) is 36.6 Å². The molecule has 1 unspecified atom stereocenters. The molecular weight excluding hydrogens is 506 g/mol. The Balaban J connectivity index is 2.31. The normalized spacial score (nSPS) is 19.7. The standard InChI is InChI=1S/C18H12Cl2F7N5O/c1-31(2)7-29-14-12(16(15(21)22)6-17(16,23)24)11(5-28)30-32(14)13-9(19)3-8(4-10(13)20)33-18(25,26)27/h3-4,7,15H,6H2,1-2H3/b29-7-. The third kappa shape index (κ3) is 4.41. The summed E-state index contributed by atoms with van der Waals surface area (Å²) in [5.74, 6) is -5.27. The zero-order valence-corrected chi connectivity index (χ0v) is 18.1. The van der Waals surface area contributed by atoms with Crippen LogP contribution in [0.2, 0.25) is 10.0 Å². The molecule has 15 heteroatoms. The molecule has 1 fully saturated rings. The molecule has 1 aliphatic rings. The Morgan fingerprint density at radius 2 is 1.82 bits per heavy atom. The highest BCUT2D eigenvalue weighted by atomic mass is 35.5.